The summed E-state index contributed by atoms with van der Waals surface area (Å²) in [6.07, 6.45) is -7.73. The standard InChI is InChI=1S/C19H15F6NO3/c1-28-15-5-3-11(7-16(15)29-2)4-6-17(27)26-14-9-12(18(20,21)22)8-13(10-14)19(23,24)25/h3-10H,1-2H3,(H,26,27)/b6-4+. The van der Waals surface area contributed by atoms with Gasteiger partial charge in [-0.15, -0.1) is 0 Å². The fourth-order valence-corrected chi connectivity index (χ4v) is 2.34. The highest BCUT2D eigenvalue weighted by atomic mass is 19.4. The van der Waals surface area contributed by atoms with Crippen molar-refractivity contribution in [2.75, 3.05) is 19.5 Å². The van der Waals surface area contributed by atoms with E-state index in [1.807, 2.05) is 5.32 Å². The number of alkyl halides is 6. The van der Waals surface area contributed by atoms with Crippen molar-refractivity contribution in [3.8, 4) is 11.5 Å². The highest BCUT2D eigenvalue weighted by molar-refractivity contribution is 6.02. The number of rotatable bonds is 5. The van der Waals surface area contributed by atoms with Crippen LogP contribution in [0, 0.1) is 0 Å². The Labute approximate surface area is 161 Å². The third-order valence-electron chi connectivity index (χ3n) is 3.69. The molecule has 0 aliphatic carbocycles. The summed E-state index contributed by atoms with van der Waals surface area (Å²) in [5.41, 5.74) is -3.18. The van der Waals surface area contributed by atoms with Gasteiger partial charge in [-0.05, 0) is 42.0 Å². The highest BCUT2D eigenvalue weighted by Crippen LogP contribution is 2.37. The first-order chi connectivity index (χ1) is 13.4. The van der Waals surface area contributed by atoms with Crippen LogP contribution in [-0.4, -0.2) is 20.1 Å². The van der Waals surface area contributed by atoms with Crippen molar-refractivity contribution in [2.24, 2.45) is 0 Å². The minimum absolute atomic E-state index is 0.0187. The summed E-state index contributed by atoms with van der Waals surface area (Å²) in [6, 6.07) is 5.52. The molecule has 0 saturated heterocycles. The molecule has 10 heteroatoms. The molecule has 2 aromatic rings. The molecule has 2 rings (SSSR count). The zero-order chi connectivity index (χ0) is 21.8. The molecule has 0 saturated carbocycles. The zero-order valence-corrected chi connectivity index (χ0v) is 15.1. The smallest absolute Gasteiger partial charge is 0.416 e. The summed E-state index contributed by atoms with van der Waals surface area (Å²) in [7, 11) is 2.84. The lowest BCUT2D eigenvalue weighted by Gasteiger charge is -2.14. The largest absolute Gasteiger partial charge is 0.493 e. The molecule has 0 radical (unpaired) electrons. The number of ether oxygens (including phenoxy) is 2. The van der Waals surface area contributed by atoms with E-state index in [1.54, 1.807) is 12.1 Å². The molecule has 156 valence electrons. The van der Waals surface area contributed by atoms with Crippen molar-refractivity contribution in [3.05, 3.63) is 59.2 Å². The molecule has 0 unspecified atom stereocenters. The van der Waals surface area contributed by atoms with Crippen LogP contribution < -0.4 is 14.8 Å². The summed E-state index contributed by atoms with van der Waals surface area (Å²) in [5, 5.41) is 2.01. The lowest BCUT2D eigenvalue weighted by molar-refractivity contribution is -0.143. The average molecular weight is 419 g/mol. The SMILES string of the molecule is COc1ccc(/C=C/C(=O)Nc2cc(C(F)(F)F)cc(C(F)(F)F)c2)cc1OC. The van der Waals surface area contributed by atoms with Crippen molar-refractivity contribution >= 4 is 17.7 Å². The normalized spacial score (nSPS) is 12.1. The van der Waals surface area contributed by atoms with E-state index >= 15 is 0 Å². The Balaban J connectivity index is 2.25. The molecule has 0 bridgehead atoms. The van der Waals surface area contributed by atoms with Gasteiger partial charge < -0.3 is 14.8 Å². The molecule has 29 heavy (non-hydrogen) atoms. The Bertz CT molecular complexity index is 887. The Morgan fingerprint density at radius 3 is 1.90 bits per heavy atom. The predicted octanol–water partition coefficient (Wildman–Crippen LogP) is 5.39. The van der Waals surface area contributed by atoms with Crippen molar-refractivity contribution in [2.45, 2.75) is 12.4 Å². The molecule has 2 aromatic carbocycles. The molecule has 0 aliphatic heterocycles. The second-order valence-electron chi connectivity index (χ2n) is 5.73. The van der Waals surface area contributed by atoms with Crippen molar-refractivity contribution in [3.63, 3.8) is 0 Å². The molecule has 0 fully saturated rings. The van der Waals surface area contributed by atoms with E-state index < -0.39 is 35.1 Å². The summed E-state index contributed by atoms with van der Waals surface area (Å²) in [5.74, 6) is -0.0901. The molecule has 0 aromatic heterocycles. The molecule has 0 spiro atoms. The first-order valence-corrected chi connectivity index (χ1v) is 7.94. The molecule has 1 N–H and O–H groups in total. The molecule has 0 atom stereocenters. The molecule has 1 amide bonds. The van der Waals surface area contributed by atoms with Crippen LogP contribution in [0.3, 0.4) is 0 Å². The topological polar surface area (TPSA) is 47.6 Å². The monoisotopic (exact) mass is 419 g/mol. The van der Waals surface area contributed by atoms with Crippen LogP contribution in [0.4, 0.5) is 32.0 Å². The third kappa shape index (κ3) is 5.90. The molecule has 0 aliphatic rings. The van der Waals surface area contributed by atoms with E-state index in [0.717, 1.165) is 6.08 Å². The van der Waals surface area contributed by atoms with Gasteiger partial charge in [0.2, 0.25) is 5.91 Å². The van der Waals surface area contributed by atoms with Crippen LogP contribution in [-0.2, 0) is 17.1 Å². The average Bonchev–Trinajstić information content (AvgIpc) is 2.64. The Morgan fingerprint density at radius 1 is 0.862 bits per heavy atom. The van der Waals surface area contributed by atoms with E-state index in [0.29, 0.717) is 29.2 Å². The highest BCUT2D eigenvalue weighted by Gasteiger charge is 2.37. The van der Waals surface area contributed by atoms with Crippen LogP contribution >= 0.6 is 0 Å². The maximum atomic E-state index is 12.9. The number of carbonyl (C=O) groups is 1. The first-order valence-electron chi connectivity index (χ1n) is 7.94. The molecular formula is C19H15F6NO3. The van der Waals surface area contributed by atoms with Crippen LogP contribution in [0.2, 0.25) is 0 Å². The van der Waals surface area contributed by atoms with E-state index in [2.05, 4.69) is 0 Å². The van der Waals surface area contributed by atoms with Gasteiger partial charge in [0.15, 0.2) is 11.5 Å². The predicted molar refractivity (Wildman–Crippen MR) is 93.7 cm³/mol. The number of hydrogen-bond donors (Lipinski definition) is 1. The van der Waals surface area contributed by atoms with E-state index in [4.69, 9.17) is 9.47 Å². The Kier molecular flexibility index (Phi) is 6.45. The Morgan fingerprint density at radius 2 is 1.41 bits per heavy atom. The first kappa shape index (κ1) is 22.1. The number of anilines is 1. The van der Waals surface area contributed by atoms with Gasteiger partial charge in [-0.2, -0.15) is 26.3 Å². The number of carbonyl (C=O) groups excluding carboxylic acids is 1. The van der Waals surface area contributed by atoms with Crippen LogP contribution in [0.25, 0.3) is 6.08 Å². The fraction of sp³-hybridized carbons (Fsp3) is 0.211. The van der Waals surface area contributed by atoms with E-state index in [9.17, 15) is 31.1 Å². The van der Waals surface area contributed by atoms with Gasteiger partial charge in [-0.1, -0.05) is 6.07 Å². The second-order valence-corrected chi connectivity index (χ2v) is 5.73. The fourth-order valence-electron chi connectivity index (χ4n) is 2.34. The van der Waals surface area contributed by atoms with E-state index in [1.165, 1.54) is 26.4 Å². The van der Waals surface area contributed by atoms with Crippen molar-refractivity contribution in [1.29, 1.82) is 0 Å². The maximum absolute atomic E-state index is 12.9. The third-order valence-corrected chi connectivity index (χ3v) is 3.69. The summed E-state index contributed by atoms with van der Waals surface area (Å²) in [6.45, 7) is 0. The van der Waals surface area contributed by atoms with Crippen LogP contribution in [0.1, 0.15) is 16.7 Å². The van der Waals surface area contributed by atoms with Crippen LogP contribution in [0.15, 0.2) is 42.5 Å². The molecule has 0 heterocycles. The summed E-state index contributed by atoms with van der Waals surface area (Å²) >= 11 is 0. The minimum atomic E-state index is -5.00. The van der Waals surface area contributed by atoms with Gasteiger partial charge in [0.05, 0.1) is 25.3 Å². The lowest BCUT2D eigenvalue weighted by Crippen LogP contribution is -2.14. The maximum Gasteiger partial charge on any atom is 0.416 e. The number of benzene rings is 2. The molecular weight excluding hydrogens is 404 g/mol. The summed E-state index contributed by atoms with van der Waals surface area (Å²) < 4.78 is 87.3. The van der Waals surface area contributed by atoms with Crippen LogP contribution in [0.5, 0.6) is 11.5 Å². The zero-order valence-electron chi connectivity index (χ0n) is 15.1. The quantitative estimate of drug-likeness (QED) is 0.522. The van der Waals surface area contributed by atoms with Gasteiger partial charge in [-0.3, -0.25) is 4.79 Å². The van der Waals surface area contributed by atoms with Gasteiger partial charge in [0.1, 0.15) is 0 Å². The van der Waals surface area contributed by atoms with Gasteiger partial charge in [0, 0.05) is 11.8 Å². The van der Waals surface area contributed by atoms with E-state index in [-0.39, 0.29) is 6.07 Å². The van der Waals surface area contributed by atoms with Crippen molar-refractivity contribution < 1.29 is 40.6 Å². The van der Waals surface area contributed by atoms with Gasteiger partial charge >= 0.3 is 12.4 Å². The minimum Gasteiger partial charge on any atom is -0.493 e. The number of nitrogens with one attached hydrogen (secondary N) is 1. The van der Waals surface area contributed by atoms with Crippen molar-refractivity contribution in [1.82, 2.24) is 0 Å². The number of amides is 1. The number of hydrogen-bond acceptors (Lipinski definition) is 3. The molecule has 4 nitrogen and oxygen atoms in total. The Hall–Kier alpha value is -3.17. The second kappa shape index (κ2) is 8.46. The summed E-state index contributed by atoms with van der Waals surface area (Å²) in [4.78, 5) is 12.0. The van der Waals surface area contributed by atoms with Gasteiger partial charge in [0.25, 0.3) is 0 Å². The number of methoxy groups -OCH3 is 2. The lowest BCUT2D eigenvalue weighted by atomic mass is 10.1. The van der Waals surface area contributed by atoms with Gasteiger partial charge in [-0.25, -0.2) is 0 Å². The number of halogens is 6.